The molecule has 2 aromatic rings. The predicted octanol–water partition coefficient (Wildman–Crippen LogP) is 6.31. The molecule has 2 aromatic carbocycles. The van der Waals surface area contributed by atoms with Gasteiger partial charge in [0.2, 0.25) is 5.91 Å². The fourth-order valence-electron chi connectivity index (χ4n) is 7.59. The van der Waals surface area contributed by atoms with E-state index in [0.29, 0.717) is 25.1 Å². The molecule has 1 saturated carbocycles. The van der Waals surface area contributed by atoms with Gasteiger partial charge in [0.05, 0.1) is 5.56 Å². The van der Waals surface area contributed by atoms with Gasteiger partial charge >= 0.3 is 12.1 Å². The maximum absolute atomic E-state index is 14.2. The van der Waals surface area contributed by atoms with E-state index in [0.717, 1.165) is 82.3 Å². The zero-order valence-electron chi connectivity index (χ0n) is 25.1. The SMILES string of the molecule is O=C(CC1CCN(CC2CN(C(C(=O)O)C3CCCCC3)CC2c2cccc(F)c2)CC1)NCc1ccc(C(F)(F)F)cc1. The van der Waals surface area contributed by atoms with Crippen LogP contribution in [0.5, 0.6) is 0 Å². The summed E-state index contributed by atoms with van der Waals surface area (Å²) in [5.41, 5.74) is 0.830. The van der Waals surface area contributed by atoms with Crippen LogP contribution in [-0.2, 0) is 22.3 Å². The highest BCUT2D eigenvalue weighted by Gasteiger charge is 2.43. The largest absolute Gasteiger partial charge is 0.480 e. The zero-order chi connectivity index (χ0) is 31.3. The summed E-state index contributed by atoms with van der Waals surface area (Å²) in [4.78, 5) is 29.6. The molecule has 1 aliphatic carbocycles. The van der Waals surface area contributed by atoms with Crippen molar-refractivity contribution >= 4 is 11.9 Å². The normalized spacial score (nSPS) is 23.5. The molecule has 0 bridgehead atoms. The molecule has 2 N–H and O–H groups in total. The molecule has 5 rings (SSSR count). The summed E-state index contributed by atoms with van der Waals surface area (Å²) in [5, 5.41) is 13.1. The highest BCUT2D eigenvalue weighted by atomic mass is 19.4. The molecule has 2 saturated heterocycles. The highest BCUT2D eigenvalue weighted by Crippen LogP contribution is 2.39. The molecular formula is C34H43F4N3O3. The minimum absolute atomic E-state index is 0.0461. The molecule has 10 heteroatoms. The fourth-order valence-corrected chi connectivity index (χ4v) is 7.59. The third-order valence-electron chi connectivity index (χ3n) is 9.93. The number of rotatable bonds is 10. The molecule has 0 radical (unpaired) electrons. The Kier molecular flexibility index (Phi) is 10.6. The van der Waals surface area contributed by atoms with Crippen LogP contribution < -0.4 is 5.32 Å². The van der Waals surface area contributed by atoms with E-state index >= 15 is 0 Å². The molecule has 44 heavy (non-hydrogen) atoms. The Labute approximate surface area is 256 Å². The number of benzene rings is 2. The number of carboxylic acids is 1. The number of carboxylic acid groups (broad SMARTS) is 1. The number of alkyl halides is 3. The topological polar surface area (TPSA) is 72.9 Å². The molecule has 6 nitrogen and oxygen atoms in total. The first-order chi connectivity index (χ1) is 21.1. The van der Waals surface area contributed by atoms with E-state index in [1.54, 1.807) is 12.1 Å². The number of aliphatic carboxylic acids is 1. The Balaban J connectivity index is 1.14. The van der Waals surface area contributed by atoms with Crippen molar-refractivity contribution in [2.45, 2.75) is 76.0 Å². The van der Waals surface area contributed by atoms with E-state index in [9.17, 15) is 32.3 Å². The van der Waals surface area contributed by atoms with Gasteiger partial charge in [0.1, 0.15) is 11.9 Å². The monoisotopic (exact) mass is 617 g/mol. The van der Waals surface area contributed by atoms with E-state index in [2.05, 4.69) is 15.1 Å². The van der Waals surface area contributed by atoms with Crippen LogP contribution in [0.2, 0.25) is 0 Å². The lowest BCUT2D eigenvalue weighted by Gasteiger charge is -2.35. The molecule has 2 aliphatic heterocycles. The van der Waals surface area contributed by atoms with Crippen molar-refractivity contribution in [1.29, 1.82) is 0 Å². The van der Waals surface area contributed by atoms with E-state index < -0.39 is 23.8 Å². The zero-order valence-corrected chi connectivity index (χ0v) is 25.1. The molecule has 3 aliphatic rings. The second-order valence-electron chi connectivity index (χ2n) is 13.0. The van der Waals surface area contributed by atoms with Crippen LogP contribution in [0.4, 0.5) is 17.6 Å². The molecule has 240 valence electrons. The van der Waals surface area contributed by atoms with Crippen molar-refractivity contribution in [2.24, 2.45) is 17.8 Å². The van der Waals surface area contributed by atoms with Crippen LogP contribution in [0.25, 0.3) is 0 Å². The van der Waals surface area contributed by atoms with Crippen molar-refractivity contribution in [1.82, 2.24) is 15.1 Å². The quantitative estimate of drug-likeness (QED) is 0.306. The van der Waals surface area contributed by atoms with Crippen molar-refractivity contribution in [2.75, 3.05) is 32.7 Å². The molecule has 3 atom stereocenters. The van der Waals surface area contributed by atoms with Gasteiger partial charge < -0.3 is 15.3 Å². The van der Waals surface area contributed by atoms with Crippen LogP contribution in [0.15, 0.2) is 48.5 Å². The average molecular weight is 618 g/mol. The maximum Gasteiger partial charge on any atom is 0.416 e. The second-order valence-corrected chi connectivity index (χ2v) is 13.0. The van der Waals surface area contributed by atoms with Gasteiger partial charge in [-0.25, -0.2) is 4.39 Å². The Bertz CT molecular complexity index is 1260. The minimum Gasteiger partial charge on any atom is -0.480 e. The summed E-state index contributed by atoms with van der Waals surface area (Å²) in [7, 11) is 0. The summed E-state index contributed by atoms with van der Waals surface area (Å²) in [6, 6.07) is 11.0. The minimum atomic E-state index is -4.38. The second kappa shape index (κ2) is 14.4. The molecule has 1 amide bonds. The Morgan fingerprint density at radius 1 is 0.955 bits per heavy atom. The van der Waals surface area contributed by atoms with E-state index in [1.165, 1.54) is 18.2 Å². The smallest absolute Gasteiger partial charge is 0.416 e. The number of piperidine rings is 1. The summed E-state index contributed by atoms with van der Waals surface area (Å²) < 4.78 is 52.6. The Morgan fingerprint density at radius 2 is 1.66 bits per heavy atom. The Hall–Kier alpha value is -2.98. The van der Waals surface area contributed by atoms with Crippen molar-refractivity contribution in [3.8, 4) is 0 Å². The van der Waals surface area contributed by atoms with Crippen LogP contribution in [0, 0.1) is 23.6 Å². The van der Waals surface area contributed by atoms with E-state index in [4.69, 9.17) is 0 Å². The first-order valence-corrected chi connectivity index (χ1v) is 15.9. The van der Waals surface area contributed by atoms with Crippen LogP contribution in [0.1, 0.15) is 74.0 Å². The van der Waals surface area contributed by atoms with Crippen LogP contribution in [-0.4, -0.2) is 65.5 Å². The lowest BCUT2D eigenvalue weighted by Crippen LogP contribution is -2.46. The highest BCUT2D eigenvalue weighted by molar-refractivity contribution is 5.76. The summed E-state index contributed by atoms with van der Waals surface area (Å²) in [6.07, 6.45) is 2.88. The van der Waals surface area contributed by atoms with Crippen molar-refractivity contribution in [3.63, 3.8) is 0 Å². The Morgan fingerprint density at radius 3 is 2.30 bits per heavy atom. The van der Waals surface area contributed by atoms with Gasteiger partial charge in [-0.3, -0.25) is 14.5 Å². The lowest BCUT2D eigenvalue weighted by atomic mass is 9.83. The van der Waals surface area contributed by atoms with Crippen molar-refractivity contribution < 1.29 is 32.3 Å². The van der Waals surface area contributed by atoms with E-state index in [1.807, 2.05) is 6.07 Å². The molecule has 0 aromatic heterocycles. The van der Waals surface area contributed by atoms with Gasteiger partial charge in [-0.1, -0.05) is 43.5 Å². The lowest BCUT2D eigenvalue weighted by molar-refractivity contribution is -0.145. The number of hydrogen-bond acceptors (Lipinski definition) is 4. The third kappa shape index (κ3) is 8.38. The standard InChI is InChI=1S/C34H43F4N3O3/c35-29-8-4-7-26(18-29)30-22-41(32(33(43)44)25-5-2-1-3-6-25)21-27(30)20-40-15-13-23(14-16-40)17-31(42)39-19-24-9-11-28(12-10-24)34(36,37)38/h4,7-12,18,23,25,27,30,32H,1-3,5-6,13-17,19-22H2,(H,39,42)(H,43,44). The van der Waals surface area contributed by atoms with Crippen molar-refractivity contribution in [3.05, 3.63) is 71.0 Å². The van der Waals surface area contributed by atoms with Crippen LogP contribution >= 0.6 is 0 Å². The van der Waals surface area contributed by atoms with Gasteiger partial charge in [0.25, 0.3) is 0 Å². The fraction of sp³-hybridized carbons (Fsp3) is 0.588. The van der Waals surface area contributed by atoms with Gasteiger partial charge in [0, 0.05) is 38.5 Å². The number of halogens is 4. The van der Waals surface area contributed by atoms with Gasteiger partial charge in [-0.05, 0) is 91.9 Å². The number of nitrogens with zero attached hydrogens (tertiary/aromatic N) is 2. The average Bonchev–Trinajstić information content (AvgIpc) is 3.40. The first-order valence-electron chi connectivity index (χ1n) is 15.9. The van der Waals surface area contributed by atoms with Gasteiger partial charge in [0.15, 0.2) is 0 Å². The first kappa shape index (κ1) is 32.4. The van der Waals surface area contributed by atoms with Crippen LogP contribution in [0.3, 0.4) is 0 Å². The molecule has 3 unspecified atom stereocenters. The van der Waals surface area contributed by atoms with Gasteiger partial charge in [-0.2, -0.15) is 13.2 Å². The summed E-state index contributed by atoms with van der Waals surface area (Å²) in [5.74, 6) is -0.555. The maximum atomic E-state index is 14.2. The molecule has 2 heterocycles. The number of carbonyl (C=O) groups excluding carboxylic acids is 1. The number of hydrogen-bond donors (Lipinski definition) is 2. The van der Waals surface area contributed by atoms with Gasteiger partial charge in [-0.15, -0.1) is 0 Å². The third-order valence-corrected chi connectivity index (χ3v) is 9.93. The number of amides is 1. The molecular weight excluding hydrogens is 574 g/mol. The summed E-state index contributed by atoms with van der Waals surface area (Å²) in [6.45, 7) is 3.91. The predicted molar refractivity (Wildman–Crippen MR) is 159 cm³/mol. The number of nitrogens with one attached hydrogen (secondary N) is 1. The van der Waals surface area contributed by atoms with E-state index in [-0.39, 0.29) is 41.9 Å². The number of likely N-dealkylation sites (tertiary alicyclic amines) is 2. The molecule has 3 fully saturated rings. The summed E-state index contributed by atoms with van der Waals surface area (Å²) >= 11 is 0. The number of carbonyl (C=O) groups is 2. The molecule has 0 spiro atoms.